The highest BCUT2D eigenvalue weighted by Crippen LogP contribution is 2.26. The molecular weight excluding hydrogens is 304 g/mol. The summed E-state index contributed by atoms with van der Waals surface area (Å²) in [5.74, 6) is 1.69. The van der Waals surface area contributed by atoms with Crippen molar-refractivity contribution in [2.75, 3.05) is 6.54 Å². The van der Waals surface area contributed by atoms with Crippen molar-refractivity contribution in [2.24, 2.45) is 0 Å². The fourth-order valence-corrected chi connectivity index (χ4v) is 2.89. The van der Waals surface area contributed by atoms with E-state index in [4.69, 9.17) is 0 Å². The minimum absolute atomic E-state index is 0.326. The molecule has 0 aliphatic rings. The van der Waals surface area contributed by atoms with E-state index in [-0.39, 0.29) is 0 Å². The third kappa shape index (κ3) is 3.04. The SMILES string of the molecule is CCNC(C)c1ccc(-n2nc(C)nc2C)cc1Br. The Kier molecular flexibility index (Phi) is 4.37. The zero-order valence-corrected chi connectivity index (χ0v) is 13.3. The number of nitrogens with one attached hydrogen (secondary N) is 1. The van der Waals surface area contributed by atoms with Gasteiger partial charge >= 0.3 is 0 Å². The van der Waals surface area contributed by atoms with Gasteiger partial charge in [-0.1, -0.05) is 28.9 Å². The summed E-state index contributed by atoms with van der Waals surface area (Å²) >= 11 is 3.64. The zero-order chi connectivity index (χ0) is 14.0. The molecule has 2 aromatic rings. The minimum Gasteiger partial charge on any atom is -0.310 e. The van der Waals surface area contributed by atoms with Crippen LogP contribution in [0.15, 0.2) is 22.7 Å². The molecule has 0 aliphatic carbocycles. The molecule has 0 fully saturated rings. The molecule has 102 valence electrons. The highest BCUT2D eigenvalue weighted by atomic mass is 79.9. The van der Waals surface area contributed by atoms with Gasteiger partial charge in [-0.05, 0) is 45.0 Å². The van der Waals surface area contributed by atoms with Crippen LogP contribution in [0.1, 0.15) is 37.1 Å². The van der Waals surface area contributed by atoms with Crippen molar-refractivity contribution >= 4 is 15.9 Å². The molecule has 0 saturated carbocycles. The number of aryl methyl sites for hydroxylation is 2. The van der Waals surface area contributed by atoms with Crippen LogP contribution in [-0.4, -0.2) is 21.3 Å². The van der Waals surface area contributed by atoms with Crippen LogP contribution in [0.3, 0.4) is 0 Å². The van der Waals surface area contributed by atoms with Gasteiger partial charge in [0, 0.05) is 10.5 Å². The van der Waals surface area contributed by atoms with Crippen molar-refractivity contribution in [2.45, 2.75) is 33.7 Å². The standard InChI is InChI=1S/C14H19BrN4/c1-5-16-9(2)13-7-6-12(8-14(13)15)19-11(4)17-10(3)18-19/h6-9,16H,5H2,1-4H3. The van der Waals surface area contributed by atoms with Crippen LogP contribution in [0.2, 0.25) is 0 Å². The van der Waals surface area contributed by atoms with E-state index >= 15 is 0 Å². The molecule has 2 rings (SSSR count). The van der Waals surface area contributed by atoms with Gasteiger partial charge in [0.2, 0.25) is 0 Å². The second-order valence-corrected chi connectivity index (χ2v) is 5.46. The molecule has 1 aromatic heterocycles. The molecule has 0 bridgehead atoms. The number of aromatic nitrogens is 3. The first-order chi connectivity index (χ1) is 9.02. The molecule has 1 heterocycles. The van der Waals surface area contributed by atoms with Gasteiger partial charge in [-0.3, -0.25) is 0 Å². The topological polar surface area (TPSA) is 42.7 Å². The molecule has 0 radical (unpaired) electrons. The molecule has 1 atom stereocenters. The van der Waals surface area contributed by atoms with Crippen LogP contribution in [0.4, 0.5) is 0 Å². The maximum Gasteiger partial charge on any atom is 0.148 e. The molecule has 19 heavy (non-hydrogen) atoms. The summed E-state index contributed by atoms with van der Waals surface area (Å²) in [7, 11) is 0. The molecule has 0 saturated heterocycles. The largest absolute Gasteiger partial charge is 0.310 e. The molecule has 1 aromatic carbocycles. The summed E-state index contributed by atoms with van der Waals surface area (Å²) in [4.78, 5) is 4.33. The summed E-state index contributed by atoms with van der Waals surface area (Å²) in [5, 5.41) is 7.81. The van der Waals surface area contributed by atoms with E-state index in [0.717, 1.165) is 28.4 Å². The van der Waals surface area contributed by atoms with E-state index in [1.165, 1.54) is 5.56 Å². The smallest absolute Gasteiger partial charge is 0.148 e. The Labute approximate surface area is 122 Å². The summed E-state index contributed by atoms with van der Waals surface area (Å²) in [6.07, 6.45) is 0. The second-order valence-electron chi connectivity index (χ2n) is 4.60. The number of benzene rings is 1. The van der Waals surface area contributed by atoms with E-state index < -0.39 is 0 Å². The van der Waals surface area contributed by atoms with E-state index in [1.54, 1.807) is 0 Å². The fraction of sp³-hybridized carbons (Fsp3) is 0.429. The van der Waals surface area contributed by atoms with E-state index in [0.29, 0.717) is 6.04 Å². The lowest BCUT2D eigenvalue weighted by Gasteiger charge is -2.15. The van der Waals surface area contributed by atoms with E-state index in [1.807, 2.05) is 18.5 Å². The summed E-state index contributed by atoms with van der Waals surface area (Å²) < 4.78 is 2.95. The van der Waals surface area contributed by atoms with E-state index in [9.17, 15) is 0 Å². The van der Waals surface area contributed by atoms with Gasteiger partial charge in [-0.2, -0.15) is 5.10 Å². The quantitative estimate of drug-likeness (QED) is 0.939. The Morgan fingerprint density at radius 1 is 1.37 bits per heavy atom. The summed E-state index contributed by atoms with van der Waals surface area (Å²) in [6, 6.07) is 6.62. The maximum absolute atomic E-state index is 4.40. The predicted molar refractivity (Wildman–Crippen MR) is 80.6 cm³/mol. The molecular formula is C14H19BrN4. The Morgan fingerprint density at radius 3 is 2.63 bits per heavy atom. The van der Waals surface area contributed by atoms with Crippen molar-refractivity contribution in [3.05, 3.63) is 39.9 Å². The van der Waals surface area contributed by atoms with Crippen molar-refractivity contribution in [3.8, 4) is 5.69 Å². The van der Waals surface area contributed by atoms with Gasteiger partial charge < -0.3 is 5.32 Å². The normalized spacial score (nSPS) is 12.7. The minimum atomic E-state index is 0.326. The second kappa shape index (κ2) is 5.84. The van der Waals surface area contributed by atoms with E-state index in [2.05, 4.69) is 63.4 Å². The molecule has 1 N–H and O–H groups in total. The van der Waals surface area contributed by atoms with Crippen LogP contribution in [0, 0.1) is 13.8 Å². The van der Waals surface area contributed by atoms with Crippen LogP contribution in [0.5, 0.6) is 0 Å². The van der Waals surface area contributed by atoms with Gasteiger partial charge in [-0.15, -0.1) is 0 Å². The molecule has 0 spiro atoms. The van der Waals surface area contributed by atoms with Crippen molar-refractivity contribution in [1.29, 1.82) is 0 Å². The number of hydrogen-bond donors (Lipinski definition) is 1. The lowest BCUT2D eigenvalue weighted by atomic mass is 10.1. The molecule has 5 heteroatoms. The van der Waals surface area contributed by atoms with Crippen molar-refractivity contribution < 1.29 is 0 Å². The number of rotatable bonds is 4. The first-order valence-corrected chi connectivity index (χ1v) is 7.25. The summed E-state index contributed by atoms with van der Waals surface area (Å²) in [6.45, 7) is 9.09. The maximum atomic E-state index is 4.40. The van der Waals surface area contributed by atoms with Gasteiger partial charge in [0.05, 0.1) is 5.69 Å². The monoisotopic (exact) mass is 322 g/mol. The first-order valence-electron chi connectivity index (χ1n) is 6.46. The van der Waals surface area contributed by atoms with Crippen LogP contribution in [0.25, 0.3) is 5.69 Å². The molecule has 0 aliphatic heterocycles. The molecule has 4 nitrogen and oxygen atoms in total. The van der Waals surface area contributed by atoms with Crippen molar-refractivity contribution in [1.82, 2.24) is 20.1 Å². The third-order valence-electron chi connectivity index (χ3n) is 3.08. The molecule has 1 unspecified atom stereocenters. The average Bonchev–Trinajstić information content (AvgIpc) is 2.68. The highest BCUT2D eigenvalue weighted by molar-refractivity contribution is 9.10. The Hall–Kier alpha value is -1.20. The lowest BCUT2D eigenvalue weighted by Crippen LogP contribution is -2.18. The lowest BCUT2D eigenvalue weighted by molar-refractivity contribution is 0.596. The Bertz CT molecular complexity index is 577. The third-order valence-corrected chi connectivity index (χ3v) is 3.77. The number of nitrogens with zero attached hydrogens (tertiary/aromatic N) is 3. The summed E-state index contributed by atoms with van der Waals surface area (Å²) in [5.41, 5.74) is 2.28. The fourth-order valence-electron chi connectivity index (χ4n) is 2.18. The number of halogens is 1. The Balaban J connectivity index is 2.36. The average molecular weight is 323 g/mol. The van der Waals surface area contributed by atoms with Crippen LogP contribution < -0.4 is 5.32 Å². The van der Waals surface area contributed by atoms with Gasteiger partial charge in [0.15, 0.2) is 0 Å². The first kappa shape index (κ1) is 14.2. The molecule has 0 amide bonds. The van der Waals surface area contributed by atoms with Gasteiger partial charge in [-0.25, -0.2) is 9.67 Å². The Morgan fingerprint density at radius 2 is 2.11 bits per heavy atom. The predicted octanol–water partition coefficient (Wildman–Crippen LogP) is 3.32. The van der Waals surface area contributed by atoms with Crippen molar-refractivity contribution in [3.63, 3.8) is 0 Å². The van der Waals surface area contributed by atoms with Crippen LogP contribution in [-0.2, 0) is 0 Å². The zero-order valence-electron chi connectivity index (χ0n) is 11.7. The van der Waals surface area contributed by atoms with Gasteiger partial charge in [0.1, 0.15) is 11.6 Å². The highest BCUT2D eigenvalue weighted by Gasteiger charge is 2.11. The number of hydrogen-bond acceptors (Lipinski definition) is 3. The van der Waals surface area contributed by atoms with Gasteiger partial charge in [0.25, 0.3) is 0 Å². The van der Waals surface area contributed by atoms with Crippen LogP contribution >= 0.6 is 15.9 Å².